The Hall–Kier alpha value is -1.69. The average Bonchev–Trinajstić information content (AvgIpc) is 2.54. The Balaban J connectivity index is 2.12. The van der Waals surface area contributed by atoms with Crippen molar-refractivity contribution in [2.24, 2.45) is 5.10 Å². The van der Waals surface area contributed by atoms with Crippen LogP contribution in [0.2, 0.25) is 0 Å². The summed E-state index contributed by atoms with van der Waals surface area (Å²) in [4.78, 5) is 23.3. The Morgan fingerprint density at radius 2 is 1.96 bits per heavy atom. The number of nitrogens with zero attached hydrogens (tertiary/aromatic N) is 1. The number of benzene rings is 2. The molecule has 0 aliphatic heterocycles. The van der Waals surface area contributed by atoms with Crippen LogP contribution in [0.4, 0.5) is 5.69 Å². The van der Waals surface area contributed by atoms with Crippen molar-refractivity contribution in [2.45, 2.75) is 6.92 Å². The molecule has 8 heteroatoms. The highest BCUT2D eigenvalue weighted by Crippen LogP contribution is 2.26. The third-order valence-corrected chi connectivity index (χ3v) is 4.48. The molecule has 2 N–H and O–H groups in total. The molecule has 0 radical (unpaired) electrons. The molecule has 0 atom stereocenters. The molecule has 0 spiro atoms. The van der Waals surface area contributed by atoms with Gasteiger partial charge in [0.15, 0.2) is 0 Å². The van der Waals surface area contributed by atoms with Crippen molar-refractivity contribution in [3.63, 3.8) is 0 Å². The van der Waals surface area contributed by atoms with Crippen LogP contribution >= 0.6 is 45.2 Å². The van der Waals surface area contributed by atoms with E-state index in [1.165, 1.54) is 6.92 Å². The minimum Gasteiger partial charge on any atom is -0.495 e. The van der Waals surface area contributed by atoms with Gasteiger partial charge in [-0.15, -0.1) is 0 Å². The number of carbonyl (C=O) groups excluding carboxylic acids is 2. The van der Waals surface area contributed by atoms with Crippen molar-refractivity contribution in [3.05, 3.63) is 54.7 Å². The van der Waals surface area contributed by atoms with E-state index in [1.807, 2.05) is 12.1 Å². The van der Waals surface area contributed by atoms with Gasteiger partial charge in [0.1, 0.15) is 5.75 Å². The van der Waals surface area contributed by atoms with Crippen LogP contribution in [0.25, 0.3) is 0 Å². The van der Waals surface area contributed by atoms with Crippen LogP contribution in [0.3, 0.4) is 0 Å². The molecule has 2 aromatic rings. The maximum Gasteiger partial charge on any atom is 0.271 e. The molecule has 0 bridgehead atoms. The van der Waals surface area contributed by atoms with Crippen molar-refractivity contribution in [1.29, 1.82) is 0 Å². The number of rotatable bonds is 5. The average molecular weight is 563 g/mol. The largest absolute Gasteiger partial charge is 0.495 e. The molecule has 6 nitrogen and oxygen atoms in total. The first-order chi connectivity index (χ1) is 11.9. The second-order valence-electron chi connectivity index (χ2n) is 4.97. The molecule has 0 aliphatic carbocycles. The Morgan fingerprint density at radius 1 is 1.20 bits per heavy atom. The number of methoxy groups -OCH3 is 1. The zero-order chi connectivity index (χ0) is 18.4. The molecule has 0 saturated heterocycles. The van der Waals surface area contributed by atoms with Gasteiger partial charge in [-0.25, -0.2) is 5.43 Å². The van der Waals surface area contributed by atoms with Gasteiger partial charge in [0, 0.05) is 27.3 Å². The molecule has 2 aromatic carbocycles. The number of nitrogens with one attached hydrogen (secondary N) is 2. The van der Waals surface area contributed by atoms with Gasteiger partial charge in [-0.3, -0.25) is 9.59 Å². The fourth-order valence-electron chi connectivity index (χ4n) is 2.06. The molecule has 0 fully saturated rings. The fraction of sp³-hybridized carbons (Fsp3) is 0.118. The molecule has 130 valence electrons. The summed E-state index contributed by atoms with van der Waals surface area (Å²) in [7, 11) is 1.59. The minimum atomic E-state index is -0.372. The van der Waals surface area contributed by atoms with Gasteiger partial charge in [-0.05, 0) is 75.5 Å². The van der Waals surface area contributed by atoms with E-state index in [2.05, 4.69) is 61.0 Å². The van der Waals surface area contributed by atoms with Crippen LogP contribution in [0.1, 0.15) is 22.8 Å². The lowest BCUT2D eigenvalue weighted by molar-refractivity contribution is -0.114. The smallest absolute Gasteiger partial charge is 0.271 e. The lowest BCUT2D eigenvalue weighted by Gasteiger charge is -2.08. The second kappa shape index (κ2) is 9.13. The van der Waals surface area contributed by atoms with Crippen LogP contribution in [0, 0.1) is 7.14 Å². The fourth-order valence-corrected chi connectivity index (χ4v) is 4.17. The quantitative estimate of drug-likeness (QED) is 0.332. The van der Waals surface area contributed by atoms with Crippen molar-refractivity contribution >= 4 is 68.9 Å². The molecule has 0 heterocycles. The van der Waals surface area contributed by atoms with Crippen molar-refractivity contribution < 1.29 is 14.3 Å². The van der Waals surface area contributed by atoms with Gasteiger partial charge in [-0.1, -0.05) is 6.07 Å². The Morgan fingerprint density at radius 3 is 2.64 bits per heavy atom. The maximum absolute atomic E-state index is 12.2. The first-order valence-electron chi connectivity index (χ1n) is 7.15. The molecule has 2 amide bonds. The summed E-state index contributed by atoms with van der Waals surface area (Å²) in [6.07, 6.45) is 1.54. The lowest BCUT2D eigenvalue weighted by Crippen LogP contribution is -2.18. The summed E-state index contributed by atoms with van der Waals surface area (Å²) in [5, 5.41) is 6.63. The number of ether oxygens (including phenoxy) is 1. The monoisotopic (exact) mass is 563 g/mol. The van der Waals surface area contributed by atoms with E-state index in [0.29, 0.717) is 17.0 Å². The second-order valence-corrected chi connectivity index (χ2v) is 7.38. The summed E-state index contributed by atoms with van der Waals surface area (Å²) in [5.41, 5.74) is 4.19. The van der Waals surface area contributed by atoms with Crippen LogP contribution in [0.15, 0.2) is 41.5 Å². The topological polar surface area (TPSA) is 79.8 Å². The Kier molecular flexibility index (Phi) is 7.17. The van der Waals surface area contributed by atoms with Crippen molar-refractivity contribution in [2.75, 3.05) is 12.4 Å². The van der Waals surface area contributed by atoms with E-state index in [-0.39, 0.29) is 11.8 Å². The van der Waals surface area contributed by atoms with Gasteiger partial charge in [-0.2, -0.15) is 5.10 Å². The molecule has 2 rings (SSSR count). The number of hydrazone groups is 1. The van der Waals surface area contributed by atoms with E-state index in [4.69, 9.17) is 4.74 Å². The number of amides is 2. The summed E-state index contributed by atoms with van der Waals surface area (Å²) >= 11 is 4.39. The number of halogens is 2. The zero-order valence-electron chi connectivity index (χ0n) is 13.5. The van der Waals surface area contributed by atoms with E-state index in [1.54, 1.807) is 37.6 Å². The summed E-state index contributed by atoms with van der Waals surface area (Å²) in [5.74, 6) is 0.130. The third-order valence-electron chi connectivity index (χ3n) is 3.06. The van der Waals surface area contributed by atoms with Crippen LogP contribution in [-0.2, 0) is 4.79 Å². The Bertz CT molecular complexity index is 838. The highest BCUT2D eigenvalue weighted by Gasteiger charge is 2.09. The van der Waals surface area contributed by atoms with Gasteiger partial charge in [0.2, 0.25) is 5.91 Å². The third kappa shape index (κ3) is 5.66. The molecule has 0 unspecified atom stereocenters. The van der Waals surface area contributed by atoms with Gasteiger partial charge < -0.3 is 10.1 Å². The first kappa shape index (κ1) is 19.6. The zero-order valence-corrected chi connectivity index (χ0v) is 17.8. The van der Waals surface area contributed by atoms with Gasteiger partial charge in [0.25, 0.3) is 5.91 Å². The number of anilines is 1. The van der Waals surface area contributed by atoms with E-state index < -0.39 is 0 Å². The summed E-state index contributed by atoms with van der Waals surface area (Å²) < 4.78 is 7.37. The predicted molar refractivity (Wildman–Crippen MR) is 114 cm³/mol. The van der Waals surface area contributed by atoms with Crippen LogP contribution in [-0.4, -0.2) is 25.1 Å². The van der Waals surface area contributed by atoms with Crippen LogP contribution in [0.5, 0.6) is 5.75 Å². The van der Waals surface area contributed by atoms with E-state index in [9.17, 15) is 9.59 Å². The van der Waals surface area contributed by atoms with Crippen molar-refractivity contribution in [1.82, 2.24) is 5.43 Å². The van der Waals surface area contributed by atoms with Gasteiger partial charge >= 0.3 is 0 Å². The highest BCUT2D eigenvalue weighted by molar-refractivity contribution is 14.1. The lowest BCUT2D eigenvalue weighted by atomic mass is 10.2. The molecule has 0 aromatic heterocycles. The summed E-state index contributed by atoms with van der Waals surface area (Å²) in [6.45, 7) is 1.41. The van der Waals surface area contributed by atoms with E-state index in [0.717, 1.165) is 12.7 Å². The molecular weight excluding hydrogens is 548 g/mol. The number of hydrogen-bond donors (Lipinski definition) is 2. The van der Waals surface area contributed by atoms with Gasteiger partial charge in [0.05, 0.1) is 16.9 Å². The maximum atomic E-state index is 12.2. The molecule has 0 aliphatic rings. The van der Waals surface area contributed by atoms with Crippen LogP contribution < -0.4 is 15.5 Å². The van der Waals surface area contributed by atoms with E-state index >= 15 is 0 Å². The standard InChI is InChI=1S/C17H15I2N3O3/c1-10(23)21-14-5-3-4-11(7-14)17(24)22-20-9-12-6-13(18)8-15(19)16(12)25-2/h3-9H,1-2H3,(H,21,23)(H,22,24)/b20-9-. The molecule has 25 heavy (non-hydrogen) atoms. The number of carbonyl (C=O) groups is 2. The SMILES string of the molecule is COc1c(I)cc(I)cc1/C=N\NC(=O)c1cccc(NC(C)=O)c1. The number of hydrogen-bond acceptors (Lipinski definition) is 4. The Labute approximate surface area is 172 Å². The predicted octanol–water partition coefficient (Wildman–Crippen LogP) is 3.63. The minimum absolute atomic E-state index is 0.198. The normalized spacial score (nSPS) is 10.6. The molecular formula is C17H15I2N3O3. The molecule has 0 saturated carbocycles. The first-order valence-corrected chi connectivity index (χ1v) is 9.30. The van der Waals surface area contributed by atoms with Crippen molar-refractivity contribution in [3.8, 4) is 5.75 Å². The summed E-state index contributed by atoms with van der Waals surface area (Å²) in [6, 6.07) is 10.5. The highest BCUT2D eigenvalue weighted by atomic mass is 127.